The van der Waals surface area contributed by atoms with Crippen LogP contribution in [-0.4, -0.2) is 72.3 Å². The number of hydrogen-bond donors (Lipinski definition) is 0. The summed E-state index contributed by atoms with van der Waals surface area (Å²) in [6.07, 6.45) is 5.61. The summed E-state index contributed by atoms with van der Waals surface area (Å²) >= 11 is 4.25. The molecule has 0 radical (unpaired) electrons. The fraction of sp³-hybridized carbons (Fsp3) is 0.500. The van der Waals surface area contributed by atoms with Gasteiger partial charge in [-0.25, -0.2) is 4.79 Å². The predicted octanol–water partition coefficient (Wildman–Crippen LogP) is 4.23. The Morgan fingerprint density at radius 2 is 1.71 bits per heavy atom. The van der Waals surface area contributed by atoms with E-state index in [1.165, 1.54) is 0 Å². The smallest absolute Gasteiger partial charge is 0.344 e. The van der Waals surface area contributed by atoms with Gasteiger partial charge in [0.15, 0.2) is 18.1 Å². The van der Waals surface area contributed by atoms with Gasteiger partial charge in [0, 0.05) is 17.6 Å². The van der Waals surface area contributed by atoms with Crippen molar-refractivity contribution in [3.63, 3.8) is 0 Å². The highest BCUT2D eigenvalue weighted by Crippen LogP contribution is 2.38. The van der Waals surface area contributed by atoms with E-state index in [0.717, 1.165) is 42.3 Å². The highest BCUT2D eigenvalue weighted by atomic mass is 79.9. The fourth-order valence-electron chi connectivity index (χ4n) is 3.71. The molecule has 9 nitrogen and oxygen atoms in total. The van der Waals surface area contributed by atoms with Crippen molar-refractivity contribution in [2.45, 2.75) is 39.5 Å². The van der Waals surface area contributed by atoms with Crippen molar-refractivity contribution >= 4 is 56.8 Å². The maximum atomic E-state index is 13.0. The first-order valence-corrected chi connectivity index (χ1v) is 13.2. The van der Waals surface area contributed by atoms with E-state index in [2.05, 4.69) is 15.9 Å². The Balaban J connectivity index is 1.75. The van der Waals surface area contributed by atoms with Crippen LogP contribution < -0.4 is 9.47 Å². The van der Waals surface area contributed by atoms with Gasteiger partial charge in [0.1, 0.15) is 6.54 Å². The number of ether oxygens (including phenoxy) is 3. The van der Waals surface area contributed by atoms with Gasteiger partial charge in [-0.3, -0.25) is 19.3 Å². The van der Waals surface area contributed by atoms with Crippen LogP contribution in [0.3, 0.4) is 0 Å². The van der Waals surface area contributed by atoms with Crippen LogP contribution in [0.2, 0.25) is 0 Å². The molecule has 0 N–H and O–H groups in total. The van der Waals surface area contributed by atoms with Gasteiger partial charge in [-0.05, 0) is 62.2 Å². The molecule has 0 aliphatic carbocycles. The number of imide groups is 1. The zero-order valence-electron chi connectivity index (χ0n) is 19.8. The molecule has 2 aliphatic heterocycles. The average Bonchev–Trinajstić information content (AvgIpc) is 3.01. The quantitative estimate of drug-likeness (QED) is 0.322. The first-order valence-electron chi connectivity index (χ1n) is 11.6. The molecule has 3 rings (SSSR count). The van der Waals surface area contributed by atoms with Crippen molar-refractivity contribution in [1.29, 1.82) is 0 Å². The number of carbonyl (C=O) groups excluding carboxylic acids is 4. The zero-order chi connectivity index (χ0) is 25.4. The van der Waals surface area contributed by atoms with Crippen molar-refractivity contribution in [3.05, 3.63) is 27.1 Å². The third-order valence-electron chi connectivity index (χ3n) is 5.43. The largest absolute Gasteiger partial charge is 0.490 e. The molecule has 3 amide bonds. The maximum absolute atomic E-state index is 13.0. The lowest BCUT2D eigenvalue weighted by Gasteiger charge is -2.22. The van der Waals surface area contributed by atoms with E-state index in [-0.39, 0.29) is 30.6 Å². The van der Waals surface area contributed by atoms with Crippen LogP contribution in [0.1, 0.15) is 45.1 Å². The van der Waals surface area contributed by atoms with E-state index in [0.29, 0.717) is 41.2 Å². The molecule has 2 saturated heterocycles. The molecule has 0 unspecified atom stereocenters. The average molecular weight is 569 g/mol. The highest BCUT2D eigenvalue weighted by molar-refractivity contribution is 9.10. The number of halogens is 1. The van der Waals surface area contributed by atoms with Gasteiger partial charge >= 0.3 is 5.97 Å². The molecule has 1 aromatic rings. The summed E-state index contributed by atoms with van der Waals surface area (Å²) in [5.41, 5.74) is 0.585. The second kappa shape index (κ2) is 13.0. The van der Waals surface area contributed by atoms with Crippen LogP contribution in [0.5, 0.6) is 11.5 Å². The summed E-state index contributed by atoms with van der Waals surface area (Å²) in [5, 5.41) is -0.472. The molecule has 0 saturated carbocycles. The summed E-state index contributed by atoms with van der Waals surface area (Å²) in [5.74, 6) is -0.505. The van der Waals surface area contributed by atoms with Crippen molar-refractivity contribution < 1.29 is 33.4 Å². The van der Waals surface area contributed by atoms with Crippen LogP contribution >= 0.6 is 27.7 Å². The lowest BCUT2D eigenvalue weighted by molar-refractivity contribution is -0.145. The van der Waals surface area contributed by atoms with Gasteiger partial charge in [-0.1, -0.05) is 28.8 Å². The number of benzene rings is 1. The Hall–Kier alpha value is -2.53. The number of nitrogens with zero attached hydrogens (tertiary/aromatic N) is 2. The number of carbonyl (C=O) groups is 4. The lowest BCUT2D eigenvalue weighted by Crippen LogP contribution is -2.42. The molecule has 35 heavy (non-hydrogen) atoms. The summed E-state index contributed by atoms with van der Waals surface area (Å²) in [4.78, 5) is 52.8. The summed E-state index contributed by atoms with van der Waals surface area (Å²) < 4.78 is 16.6. The molecular weight excluding hydrogens is 540 g/mol. The molecule has 2 aliphatic rings. The molecule has 190 valence electrons. The van der Waals surface area contributed by atoms with E-state index < -0.39 is 17.1 Å². The second-order valence-electron chi connectivity index (χ2n) is 7.91. The van der Waals surface area contributed by atoms with Gasteiger partial charge in [0.05, 0.1) is 18.1 Å². The van der Waals surface area contributed by atoms with Crippen LogP contribution in [-0.2, 0) is 19.1 Å². The topological polar surface area (TPSA) is 102 Å². The number of likely N-dealkylation sites (tertiary alicyclic amines) is 1. The Morgan fingerprint density at radius 3 is 2.37 bits per heavy atom. The van der Waals surface area contributed by atoms with Gasteiger partial charge in [-0.15, -0.1) is 0 Å². The molecule has 0 atom stereocenters. The summed E-state index contributed by atoms with van der Waals surface area (Å²) in [7, 11) is 0. The fourth-order valence-corrected chi connectivity index (χ4v) is 4.98. The van der Waals surface area contributed by atoms with Crippen molar-refractivity contribution in [2.75, 3.05) is 39.5 Å². The first-order chi connectivity index (χ1) is 16.8. The Kier molecular flexibility index (Phi) is 10.0. The van der Waals surface area contributed by atoms with Gasteiger partial charge in [0.25, 0.3) is 11.1 Å². The minimum absolute atomic E-state index is 0.210. The highest BCUT2D eigenvalue weighted by Gasteiger charge is 2.37. The predicted molar refractivity (Wildman–Crippen MR) is 135 cm³/mol. The van der Waals surface area contributed by atoms with Crippen molar-refractivity contribution in [1.82, 2.24) is 9.80 Å². The van der Waals surface area contributed by atoms with E-state index in [1.807, 2.05) is 6.92 Å². The lowest BCUT2D eigenvalue weighted by atomic mass is 10.1. The molecule has 1 aromatic carbocycles. The number of thioether (sulfide) groups is 1. The molecule has 0 aromatic heterocycles. The number of hydrogen-bond acceptors (Lipinski definition) is 8. The van der Waals surface area contributed by atoms with E-state index in [9.17, 15) is 19.2 Å². The zero-order valence-corrected chi connectivity index (χ0v) is 22.2. The Bertz CT molecular complexity index is 1010. The van der Waals surface area contributed by atoms with Gasteiger partial charge in [0.2, 0.25) is 5.91 Å². The molecule has 0 spiro atoms. The summed E-state index contributed by atoms with van der Waals surface area (Å²) in [6.45, 7) is 4.90. The molecule has 11 heteroatoms. The summed E-state index contributed by atoms with van der Waals surface area (Å²) in [6, 6.07) is 3.29. The molecule has 0 bridgehead atoms. The molecular formula is C24H29BrN2O7S. The Labute approximate surface area is 217 Å². The van der Waals surface area contributed by atoms with Gasteiger partial charge < -0.3 is 19.1 Å². The van der Waals surface area contributed by atoms with Crippen molar-refractivity contribution in [3.8, 4) is 11.5 Å². The SMILES string of the molecule is CCOC(=O)COc1cc(Br)c(C=C2SC(=O)N(CC(=O)N3CCCCCC3)C2=O)cc1OCC. The third kappa shape index (κ3) is 7.23. The first kappa shape index (κ1) is 27.1. The van der Waals surface area contributed by atoms with Crippen LogP contribution in [0.4, 0.5) is 4.79 Å². The van der Waals surface area contributed by atoms with Gasteiger partial charge in [-0.2, -0.15) is 0 Å². The van der Waals surface area contributed by atoms with E-state index in [1.54, 1.807) is 30.0 Å². The standard InChI is InChI=1S/C24H29BrN2O7S/c1-3-32-18-11-16(17(25)13-19(18)34-15-22(29)33-4-2)12-20-23(30)27(24(31)35-20)14-21(28)26-9-7-5-6-8-10-26/h11-13H,3-10,14-15H2,1-2H3. The number of esters is 1. The number of rotatable bonds is 9. The second-order valence-corrected chi connectivity index (χ2v) is 9.76. The molecule has 2 heterocycles. The van der Waals surface area contributed by atoms with E-state index >= 15 is 0 Å². The van der Waals surface area contributed by atoms with Crippen LogP contribution in [0, 0.1) is 0 Å². The van der Waals surface area contributed by atoms with Crippen LogP contribution in [0.15, 0.2) is 21.5 Å². The monoisotopic (exact) mass is 568 g/mol. The minimum atomic E-state index is -0.504. The number of amides is 3. The third-order valence-corrected chi connectivity index (χ3v) is 7.02. The Morgan fingerprint density at radius 1 is 1.03 bits per heavy atom. The minimum Gasteiger partial charge on any atom is -0.490 e. The van der Waals surface area contributed by atoms with Crippen LogP contribution in [0.25, 0.3) is 6.08 Å². The van der Waals surface area contributed by atoms with Crippen molar-refractivity contribution in [2.24, 2.45) is 0 Å². The molecule has 2 fully saturated rings. The van der Waals surface area contributed by atoms with E-state index in [4.69, 9.17) is 14.2 Å². The normalized spacial score (nSPS) is 17.5. The maximum Gasteiger partial charge on any atom is 0.344 e.